The minimum Gasteiger partial charge on any atom is -0.322 e. The Kier molecular flexibility index (Phi) is 7.96. The number of hydrogen-bond donors (Lipinski definition) is 1. The van der Waals surface area contributed by atoms with Gasteiger partial charge in [-0.15, -0.1) is 0 Å². The van der Waals surface area contributed by atoms with Gasteiger partial charge in [0.05, 0.1) is 17.2 Å². The molecule has 7 heteroatoms. The molecule has 5 rings (SSSR count). The molecule has 0 bridgehead atoms. The summed E-state index contributed by atoms with van der Waals surface area (Å²) < 4.78 is 1.68. The van der Waals surface area contributed by atoms with Gasteiger partial charge in [-0.3, -0.25) is 14.2 Å². The van der Waals surface area contributed by atoms with E-state index in [1.54, 1.807) is 29.1 Å². The fourth-order valence-corrected chi connectivity index (χ4v) is 5.05. The quantitative estimate of drug-likeness (QED) is 0.367. The molecule has 1 aliphatic heterocycles. The Hall–Kier alpha value is -3.81. The van der Waals surface area contributed by atoms with E-state index in [4.69, 9.17) is 0 Å². The summed E-state index contributed by atoms with van der Waals surface area (Å²) in [5, 5.41) is 3.49. The number of likely N-dealkylation sites (tertiary alicyclic amines) is 1. The van der Waals surface area contributed by atoms with Gasteiger partial charge in [0.2, 0.25) is 0 Å². The molecule has 1 fully saturated rings. The van der Waals surface area contributed by atoms with E-state index in [9.17, 15) is 9.59 Å². The second-order valence-electron chi connectivity index (χ2n) is 10.3. The SMILES string of the molecule is CN(C)Cc1cccc(-c2ccc(NC(=O)c3ccc4c(=O)n(CCN5CCCCC5)cnc4c3)cc2)c1. The first-order valence-corrected chi connectivity index (χ1v) is 13.3. The number of benzene rings is 3. The summed E-state index contributed by atoms with van der Waals surface area (Å²) in [6, 6.07) is 21.4. The zero-order chi connectivity index (χ0) is 26.5. The number of amides is 1. The van der Waals surface area contributed by atoms with E-state index in [0.29, 0.717) is 28.7 Å². The van der Waals surface area contributed by atoms with Gasteiger partial charge < -0.3 is 15.1 Å². The molecule has 4 aromatic rings. The average Bonchev–Trinajstić information content (AvgIpc) is 2.93. The summed E-state index contributed by atoms with van der Waals surface area (Å²) in [6.45, 7) is 4.56. The van der Waals surface area contributed by atoms with E-state index in [-0.39, 0.29) is 11.5 Å². The molecule has 38 heavy (non-hydrogen) atoms. The Balaban J connectivity index is 1.25. The molecule has 0 radical (unpaired) electrons. The van der Waals surface area contributed by atoms with Gasteiger partial charge in [-0.2, -0.15) is 0 Å². The van der Waals surface area contributed by atoms with E-state index in [2.05, 4.69) is 58.5 Å². The monoisotopic (exact) mass is 509 g/mol. The largest absolute Gasteiger partial charge is 0.322 e. The second kappa shape index (κ2) is 11.7. The predicted molar refractivity (Wildman–Crippen MR) is 154 cm³/mol. The van der Waals surface area contributed by atoms with Gasteiger partial charge in [0.25, 0.3) is 11.5 Å². The number of nitrogens with one attached hydrogen (secondary N) is 1. The number of rotatable bonds is 8. The topological polar surface area (TPSA) is 70.5 Å². The highest BCUT2D eigenvalue weighted by atomic mass is 16.1. The lowest BCUT2D eigenvalue weighted by Gasteiger charge is -2.26. The molecule has 0 unspecified atom stereocenters. The van der Waals surface area contributed by atoms with Crippen molar-refractivity contribution >= 4 is 22.5 Å². The first kappa shape index (κ1) is 25.8. The molecule has 1 saturated heterocycles. The van der Waals surface area contributed by atoms with Crippen molar-refractivity contribution in [1.82, 2.24) is 19.4 Å². The zero-order valence-corrected chi connectivity index (χ0v) is 22.2. The van der Waals surface area contributed by atoms with Gasteiger partial charge >= 0.3 is 0 Å². The standard InChI is InChI=1S/C31H35N5O2/c1-34(2)21-23-7-6-8-25(19-23)24-9-12-27(13-10-24)33-30(37)26-11-14-28-29(20-26)32-22-36(31(28)38)18-17-35-15-4-3-5-16-35/h6-14,19-20,22H,3-5,15-18,21H2,1-2H3,(H,33,37). The lowest BCUT2D eigenvalue weighted by molar-refractivity contribution is 0.102. The Labute approximate surface area is 223 Å². The molecule has 0 saturated carbocycles. The van der Waals surface area contributed by atoms with Crippen LogP contribution >= 0.6 is 0 Å². The van der Waals surface area contributed by atoms with Crippen LogP contribution in [0.1, 0.15) is 35.2 Å². The Morgan fingerprint density at radius 1 is 0.921 bits per heavy atom. The Bertz CT molecular complexity index is 1470. The number of piperidine rings is 1. The third-order valence-corrected chi connectivity index (χ3v) is 7.10. The Morgan fingerprint density at radius 2 is 1.71 bits per heavy atom. The predicted octanol–water partition coefficient (Wildman–Crippen LogP) is 4.86. The first-order chi connectivity index (χ1) is 18.5. The van der Waals surface area contributed by atoms with Gasteiger partial charge in [-0.05, 0) is 93.1 Å². The van der Waals surface area contributed by atoms with Crippen molar-refractivity contribution in [2.24, 2.45) is 0 Å². The third-order valence-electron chi connectivity index (χ3n) is 7.10. The molecule has 2 heterocycles. The normalized spacial score (nSPS) is 14.2. The lowest BCUT2D eigenvalue weighted by Crippen LogP contribution is -2.34. The van der Waals surface area contributed by atoms with Crippen molar-refractivity contribution in [3.63, 3.8) is 0 Å². The summed E-state index contributed by atoms with van der Waals surface area (Å²) in [5.74, 6) is -0.233. The molecule has 1 aromatic heterocycles. The zero-order valence-electron chi connectivity index (χ0n) is 22.2. The van der Waals surface area contributed by atoms with Crippen molar-refractivity contribution in [2.75, 3.05) is 39.0 Å². The van der Waals surface area contributed by atoms with Gasteiger partial charge in [-0.1, -0.05) is 36.8 Å². The first-order valence-electron chi connectivity index (χ1n) is 13.3. The number of hydrogen-bond acceptors (Lipinski definition) is 5. The number of fused-ring (bicyclic) bond motifs is 1. The van der Waals surface area contributed by atoms with Gasteiger partial charge in [-0.25, -0.2) is 4.98 Å². The van der Waals surface area contributed by atoms with Crippen molar-refractivity contribution < 1.29 is 4.79 Å². The summed E-state index contributed by atoms with van der Waals surface area (Å²) >= 11 is 0. The molecule has 196 valence electrons. The molecule has 0 atom stereocenters. The average molecular weight is 510 g/mol. The highest BCUT2D eigenvalue weighted by Gasteiger charge is 2.13. The molecule has 0 aliphatic carbocycles. The van der Waals surface area contributed by atoms with Crippen molar-refractivity contribution in [1.29, 1.82) is 0 Å². The highest BCUT2D eigenvalue weighted by Crippen LogP contribution is 2.23. The number of nitrogens with zero attached hydrogens (tertiary/aromatic N) is 4. The number of aromatic nitrogens is 2. The van der Waals surface area contributed by atoms with Gasteiger partial charge in [0.1, 0.15) is 0 Å². The Morgan fingerprint density at radius 3 is 2.47 bits per heavy atom. The van der Waals surface area contributed by atoms with E-state index < -0.39 is 0 Å². The third kappa shape index (κ3) is 6.18. The molecule has 1 N–H and O–H groups in total. The second-order valence-corrected chi connectivity index (χ2v) is 10.3. The number of carbonyl (C=O) groups is 1. The molecule has 1 amide bonds. The number of carbonyl (C=O) groups excluding carboxylic acids is 1. The van der Waals surface area contributed by atoms with Crippen LogP contribution in [-0.4, -0.2) is 59.0 Å². The van der Waals surface area contributed by atoms with Crippen LogP contribution in [0.3, 0.4) is 0 Å². The fourth-order valence-electron chi connectivity index (χ4n) is 5.05. The molecule has 7 nitrogen and oxygen atoms in total. The van der Waals surface area contributed by atoms with Crippen LogP contribution in [0.5, 0.6) is 0 Å². The maximum atomic E-state index is 13.0. The van der Waals surface area contributed by atoms with Crippen molar-refractivity contribution in [2.45, 2.75) is 32.4 Å². The summed E-state index contributed by atoms with van der Waals surface area (Å²) in [5.41, 5.74) is 5.14. The van der Waals surface area contributed by atoms with Crippen LogP contribution in [0.15, 0.2) is 77.9 Å². The van der Waals surface area contributed by atoms with Crippen LogP contribution in [0.2, 0.25) is 0 Å². The van der Waals surface area contributed by atoms with Crippen LogP contribution in [0, 0.1) is 0 Å². The molecule has 0 spiro atoms. The summed E-state index contributed by atoms with van der Waals surface area (Å²) in [4.78, 5) is 35.0. The van der Waals surface area contributed by atoms with Crippen LogP contribution < -0.4 is 10.9 Å². The van der Waals surface area contributed by atoms with E-state index in [1.807, 2.05) is 24.3 Å². The van der Waals surface area contributed by atoms with Gasteiger partial charge in [0.15, 0.2) is 0 Å². The smallest absolute Gasteiger partial charge is 0.261 e. The van der Waals surface area contributed by atoms with Crippen LogP contribution in [-0.2, 0) is 13.1 Å². The lowest BCUT2D eigenvalue weighted by atomic mass is 10.0. The van der Waals surface area contributed by atoms with Crippen LogP contribution in [0.4, 0.5) is 5.69 Å². The van der Waals surface area contributed by atoms with Gasteiger partial charge in [0, 0.05) is 30.9 Å². The van der Waals surface area contributed by atoms with E-state index >= 15 is 0 Å². The van der Waals surface area contributed by atoms with Crippen molar-refractivity contribution in [3.05, 3.63) is 94.5 Å². The summed E-state index contributed by atoms with van der Waals surface area (Å²) in [7, 11) is 4.12. The van der Waals surface area contributed by atoms with Crippen LogP contribution in [0.25, 0.3) is 22.0 Å². The maximum Gasteiger partial charge on any atom is 0.261 e. The highest BCUT2D eigenvalue weighted by molar-refractivity contribution is 6.06. The van der Waals surface area contributed by atoms with E-state index in [1.165, 1.54) is 24.8 Å². The molecule has 1 aliphatic rings. The molecular weight excluding hydrogens is 474 g/mol. The molecule has 3 aromatic carbocycles. The van der Waals surface area contributed by atoms with E-state index in [0.717, 1.165) is 37.3 Å². The van der Waals surface area contributed by atoms with Crippen molar-refractivity contribution in [3.8, 4) is 11.1 Å². The minimum atomic E-state index is -0.233. The molecular formula is C31H35N5O2. The fraction of sp³-hybridized carbons (Fsp3) is 0.323. The number of anilines is 1. The summed E-state index contributed by atoms with van der Waals surface area (Å²) in [6.07, 6.45) is 5.35. The maximum absolute atomic E-state index is 13.0. The minimum absolute atomic E-state index is 0.0655.